The highest BCUT2D eigenvalue weighted by molar-refractivity contribution is 5.89. The summed E-state index contributed by atoms with van der Waals surface area (Å²) in [7, 11) is 0. The van der Waals surface area contributed by atoms with Crippen molar-refractivity contribution in [3.63, 3.8) is 0 Å². The molecule has 5 heteroatoms. The van der Waals surface area contributed by atoms with E-state index in [-0.39, 0.29) is 12.1 Å². The molecule has 2 aromatic carbocycles. The number of halogens is 2. The van der Waals surface area contributed by atoms with Crippen LogP contribution in [0.3, 0.4) is 0 Å². The van der Waals surface area contributed by atoms with Crippen LogP contribution in [0.1, 0.15) is 21.5 Å². The van der Waals surface area contributed by atoms with E-state index in [2.05, 4.69) is 5.32 Å². The number of carboxylic acids is 1. The lowest BCUT2D eigenvalue weighted by Crippen LogP contribution is -2.05. The molecule has 104 valence electrons. The molecule has 0 bridgehead atoms. The van der Waals surface area contributed by atoms with Crippen molar-refractivity contribution < 1.29 is 18.7 Å². The number of carboxylic acid groups (broad SMARTS) is 1. The van der Waals surface area contributed by atoms with Crippen LogP contribution in [0, 0.1) is 18.6 Å². The van der Waals surface area contributed by atoms with Gasteiger partial charge in [0.15, 0.2) is 0 Å². The molecular formula is C15H13F2NO2. The fourth-order valence-corrected chi connectivity index (χ4v) is 1.80. The van der Waals surface area contributed by atoms with Crippen molar-refractivity contribution in [2.75, 3.05) is 5.32 Å². The summed E-state index contributed by atoms with van der Waals surface area (Å²) in [6, 6.07) is 8.01. The van der Waals surface area contributed by atoms with Gasteiger partial charge in [-0.05, 0) is 30.7 Å². The first-order chi connectivity index (χ1) is 9.47. The van der Waals surface area contributed by atoms with E-state index in [0.717, 1.165) is 11.6 Å². The van der Waals surface area contributed by atoms with Crippen LogP contribution in [0.15, 0.2) is 36.4 Å². The molecule has 0 saturated carbocycles. The van der Waals surface area contributed by atoms with E-state index < -0.39 is 17.6 Å². The van der Waals surface area contributed by atoms with Gasteiger partial charge in [-0.3, -0.25) is 0 Å². The molecule has 0 fully saturated rings. The molecule has 2 rings (SSSR count). The summed E-state index contributed by atoms with van der Waals surface area (Å²) in [6.07, 6.45) is 0. The summed E-state index contributed by atoms with van der Waals surface area (Å²) >= 11 is 0. The molecule has 0 spiro atoms. The zero-order valence-electron chi connectivity index (χ0n) is 10.8. The summed E-state index contributed by atoms with van der Waals surface area (Å²) in [5, 5.41) is 11.9. The van der Waals surface area contributed by atoms with Crippen LogP contribution in [-0.2, 0) is 6.54 Å². The monoisotopic (exact) mass is 277 g/mol. The first-order valence-corrected chi connectivity index (χ1v) is 5.99. The maximum atomic E-state index is 13.5. The highest BCUT2D eigenvalue weighted by atomic mass is 19.1. The lowest BCUT2D eigenvalue weighted by Gasteiger charge is -2.11. The van der Waals surface area contributed by atoms with E-state index in [1.807, 2.05) is 6.92 Å². The highest BCUT2D eigenvalue weighted by Gasteiger charge is 2.08. The Labute approximate surface area is 114 Å². The van der Waals surface area contributed by atoms with Gasteiger partial charge >= 0.3 is 5.97 Å². The molecule has 0 aromatic heterocycles. The van der Waals surface area contributed by atoms with Crippen molar-refractivity contribution in [1.82, 2.24) is 0 Å². The third-order valence-corrected chi connectivity index (χ3v) is 2.97. The smallest absolute Gasteiger partial charge is 0.335 e. The predicted octanol–water partition coefficient (Wildman–Crippen LogP) is 3.58. The van der Waals surface area contributed by atoms with Crippen LogP contribution in [0.25, 0.3) is 0 Å². The molecule has 2 aromatic rings. The van der Waals surface area contributed by atoms with Crippen molar-refractivity contribution in [3.05, 3.63) is 64.7 Å². The van der Waals surface area contributed by atoms with E-state index in [4.69, 9.17) is 5.11 Å². The number of aryl methyl sites for hydroxylation is 1. The van der Waals surface area contributed by atoms with Crippen LogP contribution in [0.4, 0.5) is 14.5 Å². The maximum Gasteiger partial charge on any atom is 0.335 e. The molecule has 0 radical (unpaired) electrons. The summed E-state index contributed by atoms with van der Waals surface area (Å²) < 4.78 is 26.3. The number of nitrogens with one attached hydrogen (secondary N) is 1. The zero-order chi connectivity index (χ0) is 14.7. The van der Waals surface area contributed by atoms with Crippen molar-refractivity contribution in [2.45, 2.75) is 13.5 Å². The van der Waals surface area contributed by atoms with Gasteiger partial charge < -0.3 is 10.4 Å². The lowest BCUT2D eigenvalue weighted by atomic mass is 10.1. The van der Waals surface area contributed by atoms with Gasteiger partial charge in [0.1, 0.15) is 11.6 Å². The molecule has 2 N–H and O–H groups in total. The van der Waals surface area contributed by atoms with E-state index in [1.165, 1.54) is 24.3 Å². The Morgan fingerprint density at radius 3 is 2.60 bits per heavy atom. The number of benzene rings is 2. The third-order valence-electron chi connectivity index (χ3n) is 2.97. The minimum Gasteiger partial charge on any atom is -0.478 e. The average Bonchev–Trinajstić information content (AvgIpc) is 2.39. The quantitative estimate of drug-likeness (QED) is 0.898. The van der Waals surface area contributed by atoms with E-state index in [0.29, 0.717) is 11.3 Å². The zero-order valence-corrected chi connectivity index (χ0v) is 10.8. The Bertz CT molecular complexity index is 656. The SMILES string of the molecule is Cc1ccc(C(=O)O)cc1NCc1ccc(F)cc1F. The molecule has 0 amide bonds. The summed E-state index contributed by atoms with van der Waals surface area (Å²) in [4.78, 5) is 10.9. The summed E-state index contributed by atoms with van der Waals surface area (Å²) in [6.45, 7) is 1.96. The number of hydrogen-bond donors (Lipinski definition) is 2. The predicted molar refractivity (Wildman–Crippen MR) is 71.8 cm³/mol. The molecule has 20 heavy (non-hydrogen) atoms. The van der Waals surface area contributed by atoms with E-state index in [9.17, 15) is 13.6 Å². The first-order valence-electron chi connectivity index (χ1n) is 5.99. The van der Waals surface area contributed by atoms with Gasteiger partial charge in [0.05, 0.1) is 5.56 Å². The van der Waals surface area contributed by atoms with Gasteiger partial charge in [0.25, 0.3) is 0 Å². The number of anilines is 1. The molecule has 0 heterocycles. The normalized spacial score (nSPS) is 10.3. The van der Waals surface area contributed by atoms with Crippen LogP contribution in [0.2, 0.25) is 0 Å². The largest absolute Gasteiger partial charge is 0.478 e. The third kappa shape index (κ3) is 3.12. The second kappa shape index (κ2) is 5.69. The lowest BCUT2D eigenvalue weighted by molar-refractivity contribution is 0.0697. The fourth-order valence-electron chi connectivity index (χ4n) is 1.80. The van der Waals surface area contributed by atoms with Crippen LogP contribution < -0.4 is 5.32 Å². The van der Waals surface area contributed by atoms with Gasteiger partial charge in [-0.15, -0.1) is 0 Å². The molecule has 0 unspecified atom stereocenters. The Morgan fingerprint density at radius 2 is 1.95 bits per heavy atom. The van der Waals surface area contributed by atoms with Crippen LogP contribution >= 0.6 is 0 Å². The van der Waals surface area contributed by atoms with Crippen molar-refractivity contribution in [1.29, 1.82) is 0 Å². The van der Waals surface area contributed by atoms with E-state index >= 15 is 0 Å². The van der Waals surface area contributed by atoms with Gasteiger partial charge in [-0.25, -0.2) is 13.6 Å². The number of carbonyl (C=O) groups is 1. The second-order valence-corrected chi connectivity index (χ2v) is 4.42. The van der Waals surface area contributed by atoms with Crippen molar-refractivity contribution >= 4 is 11.7 Å². The number of rotatable bonds is 4. The molecule has 0 atom stereocenters. The Balaban J connectivity index is 2.18. The van der Waals surface area contributed by atoms with Crippen molar-refractivity contribution in [2.24, 2.45) is 0 Å². The molecular weight excluding hydrogens is 264 g/mol. The highest BCUT2D eigenvalue weighted by Crippen LogP contribution is 2.19. The minimum absolute atomic E-state index is 0.149. The summed E-state index contributed by atoms with van der Waals surface area (Å²) in [5.41, 5.74) is 1.91. The summed E-state index contributed by atoms with van der Waals surface area (Å²) in [5.74, 6) is -2.29. The van der Waals surface area contributed by atoms with Crippen LogP contribution in [-0.4, -0.2) is 11.1 Å². The maximum absolute atomic E-state index is 13.5. The average molecular weight is 277 g/mol. The first kappa shape index (κ1) is 14.0. The minimum atomic E-state index is -1.03. The molecule has 0 aliphatic rings. The molecule has 3 nitrogen and oxygen atoms in total. The Hall–Kier alpha value is -2.43. The Kier molecular flexibility index (Phi) is 3.98. The topological polar surface area (TPSA) is 49.3 Å². The second-order valence-electron chi connectivity index (χ2n) is 4.42. The van der Waals surface area contributed by atoms with Crippen LogP contribution in [0.5, 0.6) is 0 Å². The number of aromatic carboxylic acids is 1. The van der Waals surface area contributed by atoms with E-state index in [1.54, 1.807) is 6.07 Å². The van der Waals surface area contributed by atoms with Gasteiger partial charge in [-0.1, -0.05) is 12.1 Å². The standard InChI is InChI=1S/C15H13F2NO2/c1-9-2-3-10(15(19)20)6-14(9)18-8-11-4-5-12(16)7-13(11)17/h2-7,18H,8H2,1H3,(H,19,20). The van der Waals surface area contributed by atoms with Gasteiger partial charge in [-0.2, -0.15) is 0 Å². The number of hydrogen-bond acceptors (Lipinski definition) is 2. The molecule has 0 aliphatic heterocycles. The van der Waals surface area contributed by atoms with Gasteiger partial charge in [0.2, 0.25) is 0 Å². The fraction of sp³-hybridized carbons (Fsp3) is 0.133. The molecule has 0 saturated heterocycles. The Morgan fingerprint density at radius 1 is 1.20 bits per heavy atom. The van der Waals surface area contributed by atoms with Gasteiger partial charge in [0, 0.05) is 23.9 Å². The molecule has 0 aliphatic carbocycles. The van der Waals surface area contributed by atoms with Crippen molar-refractivity contribution in [3.8, 4) is 0 Å².